The number of nitrogens with one attached hydrogen (secondary N) is 1. The number of nitrogens with zero attached hydrogens (tertiary/aromatic N) is 1. The fourth-order valence-electron chi connectivity index (χ4n) is 5.88. The summed E-state index contributed by atoms with van der Waals surface area (Å²) >= 11 is 0. The van der Waals surface area contributed by atoms with Crippen LogP contribution in [-0.2, 0) is 16.0 Å². The number of hydrogen-bond donors (Lipinski definition) is 1. The lowest BCUT2D eigenvalue weighted by atomic mass is 10.00. The van der Waals surface area contributed by atoms with Crippen LogP contribution in [0.15, 0.2) is 152 Å². The van der Waals surface area contributed by atoms with E-state index in [4.69, 9.17) is 9.47 Å². The van der Waals surface area contributed by atoms with Crippen molar-refractivity contribution in [3.05, 3.63) is 174 Å². The van der Waals surface area contributed by atoms with Crippen LogP contribution in [0, 0.1) is 0 Å². The molecule has 0 saturated heterocycles. The standard InChI is InChI=1S/C43H38N2O5/c1-49-43(48)40(44-39-20-11-10-19-38(39)41(46)33-14-4-2-5-15-33)29-31-21-25-37(26-22-31)50-28-12-27-45(36-17-6-3-7-18-36)42(47)35-24-23-32-13-8-9-16-34(32)30-35/h2-11,13-26,30,40,44H,12,27-29H2,1H3/t40-/m0/s1. The Morgan fingerprint density at radius 3 is 2.08 bits per heavy atom. The smallest absolute Gasteiger partial charge is 0.328 e. The highest BCUT2D eigenvalue weighted by molar-refractivity contribution is 6.12. The van der Waals surface area contributed by atoms with E-state index in [0.717, 1.165) is 22.0 Å². The van der Waals surface area contributed by atoms with E-state index in [2.05, 4.69) is 5.32 Å². The van der Waals surface area contributed by atoms with Gasteiger partial charge >= 0.3 is 5.97 Å². The van der Waals surface area contributed by atoms with E-state index < -0.39 is 12.0 Å². The number of esters is 1. The van der Waals surface area contributed by atoms with Gasteiger partial charge in [-0.25, -0.2) is 4.79 Å². The average molecular weight is 663 g/mol. The topological polar surface area (TPSA) is 84.9 Å². The molecule has 0 aliphatic carbocycles. The van der Waals surface area contributed by atoms with Crippen molar-refractivity contribution in [2.45, 2.75) is 18.9 Å². The molecule has 1 amide bonds. The first kappa shape index (κ1) is 33.7. The number of benzene rings is 6. The first-order valence-corrected chi connectivity index (χ1v) is 16.6. The maximum atomic E-state index is 13.7. The van der Waals surface area contributed by atoms with Crippen molar-refractivity contribution in [1.29, 1.82) is 0 Å². The fourth-order valence-corrected chi connectivity index (χ4v) is 5.88. The molecule has 0 unspecified atom stereocenters. The van der Waals surface area contributed by atoms with Crippen molar-refractivity contribution in [2.75, 3.05) is 30.5 Å². The number of hydrogen-bond acceptors (Lipinski definition) is 6. The summed E-state index contributed by atoms with van der Waals surface area (Å²) in [6, 6.07) is 46.5. The third-order valence-electron chi connectivity index (χ3n) is 8.49. The summed E-state index contributed by atoms with van der Waals surface area (Å²) in [6.07, 6.45) is 0.954. The van der Waals surface area contributed by atoms with Gasteiger partial charge in [-0.2, -0.15) is 0 Å². The number of methoxy groups -OCH3 is 1. The number of rotatable bonds is 14. The number of fused-ring (bicyclic) bond motifs is 1. The molecule has 1 atom stereocenters. The molecular formula is C43H38N2O5. The first-order valence-electron chi connectivity index (χ1n) is 16.6. The minimum Gasteiger partial charge on any atom is -0.494 e. The number of anilines is 2. The van der Waals surface area contributed by atoms with Crippen LogP contribution in [0.2, 0.25) is 0 Å². The van der Waals surface area contributed by atoms with Gasteiger partial charge < -0.3 is 19.7 Å². The summed E-state index contributed by atoms with van der Waals surface area (Å²) in [5, 5.41) is 5.36. The number of carbonyl (C=O) groups excluding carboxylic acids is 3. The Morgan fingerprint density at radius 1 is 0.680 bits per heavy atom. The number of carbonyl (C=O) groups is 3. The third kappa shape index (κ3) is 8.25. The van der Waals surface area contributed by atoms with Crippen molar-refractivity contribution < 1.29 is 23.9 Å². The Bertz CT molecular complexity index is 2060. The molecule has 0 saturated carbocycles. The highest BCUT2D eigenvalue weighted by atomic mass is 16.5. The van der Waals surface area contributed by atoms with E-state index in [-0.39, 0.29) is 11.7 Å². The molecule has 1 N–H and O–H groups in total. The van der Waals surface area contributed by atoms with Crippen LogP contribution in [0.5, 0.6) is 5.75 Å². The highest BCUT2D eigenvalue weighted by Gasteiger charge is 2.23. The SMILES string of the molecule is COC(=O)[C@H](Cc1ccc(OCCCN(C(=O)c2ccc3ccccc3c2)c2ccccc2)cc1)Nc1ccccc1C(=O)c1ccccc1. The van der Waals surface area contributed by atoms with E-state index in [1.807, 2.05) is 121 Å². The summed E-state index contributed by atoms with van der Waals surface area (Å²) in [7, 11) is 1.35. The van der Waals surface area contributed by atoms with Gasteiger partial charge in [0.25, 0.3) is 5.91 Å². The van der Waals surface area contributed by atoms with Crippen LogP contribution in [0.4, 0.5) is 11.4 Å². The zero-order valence-electron chi connectivity index (χ0n) is 27.8. The van der Waals surface area contributed by atoms with E-state index in [1.54, 1.807) is 35.2 Å². The summed E-state index contributed by atoms with van der Waals surface area (Å²) in [5.41, 5.74) is 3.95. The summed E-state index contributed by atoms with van der Waals surface area (Å²) in [6.45, 7) is 0.890. The lowest BCUT2D eigenvalue weighted by Crippen LogP contribution is -2.33. The molecule has 0 heterocycles. The molecule has 250 valence electrons. The molecule has 0 bridgehead atoms. The summed E-state index contributed by atoms with van der Waals surface area (Å²) in [5.74, 6) is 0.0478. The Morgan fingerprint density at radius 2 is 1.34 bits per heavy atom. The molecule has 7 heteroatoms. The van der Waals surface area contributed by atoms with E-state index >= 15 is 0 Å². The normalized spacial score (nSPS) is 11.4. The minimum absolute atomic E-state index is 0.0628. The van der Waals surface area contributed by atoms with E-state index in [9.17, 15) is 14.4 Å². The second kappa shape index (κ2) is 16.3. The maximum absolute atomic E-state index is 13.7. The number of amides is 1. The van der Waals surface area contributed by atoms with Crippen LogP contribution in [0.3, 0.4) is 0 Å². The molecule has 50 heavy (non-hydrogen) atoms. The number of ether oxygens (including phenoxy) is 2. The van der Waals surface area contributed by atoms with Gasteiger partial charge in [0.2, 0.25) is 0 Å². The van der Waals surface area contributed by atoms with Crippen molar-refractivity contribution in [3.63, 3.8) is 0 Å². The monoisotopic (exact) mass is 662 g/mol. The molecule has 0 fully saturated rings. The van der Waals surface area contributed by atoms with Gasteiger partial charge in [-0.3, -0.25) is 9.59 Å². The molecule has 6 rings (SSSR count). The lowest BCUT2D eigenvalue weighted by Gasteiger charge is -2.23. The van der Waals surface area contributed by atoms with Crippen LogP contribution in [0.1, 0.15) is 38.3 Å². The third-order valence-corrected chi connectivity index (χ3v) is 8.49. The quantitative estimate of drug-likeness (QED) is 0.0717. The van der Waals surface area contributed by atoms with E-state index in [0.29, 0.717) is 54.1 Å². The molecule has 0 spiro atoms. The van der Waals surface area contributed by atoms with Gasteiger partial charge in [0.05, 0.1) is 13.7 Å². The van der Waals surface area contributed by atoms with Crippen LogP contribution in [-0.4, -0.2) is 44.0 Å². The minimum atomic E-state index is -0.722. The summed E-state index contributed by atoms with van der Waals surface area (Å²) in [4.78, 5) is 41.6. The molecule has 0 radical (unpaired) electrons. The van der Waals surface area contributed by atoms with Crippen LogP contribution < -0.4 is 15.0 Å². The van der Waals surface area contributed by atoms with Gasteiger partial charge in [-0.15, -0.1) is 0 Å². The Labute approximate surface area is 292 Å². The van der Waals surface area contributed by atoms with Crippen molar-refractivity contribution in [1.82, 2.24) is 0 Å². The second-order valence-electron chi connectivity index (χ2n) is 11.9. The molecule has 6 aromatic rings. The van der Waals surface area contributed by atoms with Gasteiger partial charge in [0, 0.05) is 41.0 Å². The van der Waals surface area contributed by atoms with Gasteiger partial charge in [0.15, 0.2) is 5.78 Å². The Hall–Kier alpha value is -6.21. The molecule has 7 nitrogen and oxygen atoms in total. The van der Waals surface area contributed by atoms with Crippen molar-refractivity contribution in [3.8, 4) is 5.75 Å². The van der Waals surface area contributed by atoms with Crippen LogP contribution in [0.25, 0.3) is 10.8 Å². The predicted molar refractivity (Wildman–Crippen MR) is 198 cm³/mol. The fraction of sp³-hybridized carbons (Fsp3) is 0.140. The number of ketones is 1. The van der Waals surface area contributed by atoms with Gasteiger partial charge in [-0.1, -0.05) is 103 Å². The summed E-state index contributed by atoms with van der Waals surface area (Å²) < 4.78 is 11.2. The van der Waals surface area contributed by atoms with Gasteiger partial charge in [-0.05, 0) is 71.3 Å². The van der Waals surface area contributed by atoms with Crippen molar-refractivity contribution >= 4 is 39.8 Å². The molecule has 0 aliphatic heterocycles. The second-order valence-corrected chi connectivity index (χ2v) is 11.9. The first-order chi connectivity index (χ1) is 24.5. The zero-order valence-corrected chi connectivity index (χ0v) is 27.8. The highest BCUT2D eigenvalue weighted by Crippen LogP contribution is 2.24. The van der Waals surface area contributed by atoms with E-state index in [1.165, 1.54) is 7.11 Å². The zero-order chi connectivity index (χ0) is 34.7. The van der Waals surface area contributed by atoms with Gasteiger partial charge in [0.1, 0.15) is 11.8 Å². The number of para-hydroxylation sites is 2. The molecule has 0 aromatic heterocycles. The Balaban J connectivity index is 1.08. The largest absolute Gasteiger partial charge is 0.494 e. The molecule has 0 aliphatic rings. The van der Waals surface area contributed by atoms with Crippen molar-refractivity contribution in [2.24, 2.45) is 0 Å². The maximum Gasteiger partial charge on any atom is 0.328 e. The molecule has 6 aromatic carbocycles. The van der Waals surface area contributed by atoms with Crippen LogP contribution >= 0.6 is 0 Å². The Kier molecular flexibility index (Phi) is 11.0. The lowest BCUT2D eigenvalue weighted by molar-refractivity contribution is -0.141. The molecular weight excluding hydrogens is 624 g/mol. The predicted octanol–water partition coefficient (Wildman–Crippen LogP) is 8.38. The average Bonchev–Trinajstić information content (AvgIpc) is 3.18.